The van der Waals surface area contributed by atoms with E-state index in [-0.39, 0.29) is 0 Å². The molecule has 0 spiro atoms. The van der Waals surface area contributed by atoms with Crippen molar-refractivity contribution in [1.29, 1.82) is 0 Å². The van der Waals surface area contributed by atoms with E-state index in [1.165, 1.54) is 0 Å². The average Bonchev–Trinajstić information content (AvgIpc) is 1.90. The summed E-state index contributed by atoms with van der Waals surface area (Å²) >= 11 is 0. The van der Waals surface area contributed by atoms with E-state index >= 15 is 0 Å². The number of rotatable bonds is 1. The molecular weight excluding hydrogens is 100 g/mol. The summed E-state index contributed by atoms with van der Waals surface area (Å²) in [5.74, 6) is 0. The first-order valence-corrected chi connectivity index (χ1v) is 2.86. The van der Waals surface area contributed by atoms with Crippen LogP contribution in [0.4, 0.5) is 0 Å². The highest BCUT2D eigenvalue weighted by molar-refractivity contribution is 5.61. The molecule has 0 aliphatic carbocycles. The van der Waals surface area contributed by atoms with Crippen molar-refractivity contribution >= 4 is 6.21 Å². The zero-order chi connectivity index (χ0) is 5.82. The molecule has 0 atom stereocenters. The first-order valence-electron chi connectivity index (χ1n) is 2.86. The van der Waals surface area contributed by atoms with Crippen LogP contribution in [0.25, 0.3) is 0 Å². The van der Waals surface area contributed by atoms with Crippen molar-refractivity contribution in [2.24, 2.45) is 4.99 Å². The zero-order valence-corrected chi connectivity index (χ0v) is 5.04. The Hall–Kier alpha value is -0.790. The molecule has 2 heteroatoms. The fourth-order valence-corrected chi connectivity index (χ4v) is 0.641. The Morgan fingerprint density at radius 3 is 3.00 bits per heavy atom. The molecule has 0 radical (unpaired) electrons. The van der Waals surface area contributed by atoms with Crippen LogP contribution in [0, 0.1) is 0 Å². The van der Waals surface area contributed by atoms with Crippen LogP contribution in [-0.2, 0) is 0 Å². The Kier molecular flexibility index (Phi) is 1.67. The maximum Gasteiger partial charge on any atom is 0.0527 e. The second-order valence-electron chi connectivity index (χ2n) is 1.72. The van der Waals surface area contributed by atoms with Crippen molar-refractivity contribution in [3.05, 3.63) is 12.4 Å². The second kappa shape index (κ2) is 2.50. The van der Waals surface area contributed by atoms with Crippen LogP contribution >= 0.6 is 0 Å². The van der Waals surface area contributed by atoms with Crippen LogP contribution in [0.5, 0.6) is 0 Å². The van der Waals surface area contributed by atoms with Gasteiger partial charge in [-0.1, -0.05) is 0 Å². The SMILES string of the molecule is CCN1C=CN=CC1. The third-order valence-corrected chi connectivity index (χ3v) is 1.19. The van der Waals surface area contributed by atoms with Crippen LogP contribution < -0.4 is 0 Å². The lowest BCUT2D eigenvalue weighted by Gasteiger charge is -2.16. The lowest BCUT2D eigenvalue weighted by molar-refractivity contribution is 0.450. The van der Waals surface area contributed by atoms with E-state index in [4.69, 9.17) is 0 Å². The number of aliphatic imine (C=N–C) groups is 1. The molecule has 0 unspecified atom stereocenters. The molecule has 1 aliphatic rings. The van der Waals surface area contributed by atoms with E-state index in [9.17, 15) is 0 Å². The molecule has 0 N–H and O–H groups in total. The molecule has 1 aliphatic heterocycles. The summed E-state index contributed by atoms with van der Waals surface area (Å²) in [5.41, 5.74) is 0. The van der Waals surface area contributed by atoms with Gasteiger partial charge in [0.1, 0.15) is 0 Å². The lowest BCUT2D eigenvalue weighted by Crippen LogP contribution is -2.20. The molecule has 0 saturated heterocycles. The molecule has 0 saturated carbocycles. The summed E-state index contributed by atoms with van der Waals surface area (Å²) in [6.45, 7) is 4.17. The molecule has 0 aromatic rings. The predicted octanol–water partition coefficient (Wildman–Crippen LogP) is 0.864. The maximum absolute atomic E-state index is 3.93. The summed E-state index contributed by atoms with van der Waals surface area (Å²) in [5, 5.41) is 0. The largest absolute Gasteiger partial charge is 0.371 e. The molecule has 8 heavy (non-hydrogen) atoms. The van der Waals surface area contributed by atoms with Crippen molar-refractivity contribution in [3.63, 3.8) is 0 Å². The highest BCUT2D eigenvalue weighted by atomic mass is 15.1. The third kappa shape index (κ3) is 1.09. The Morgan fingerprint density at radius 1 is 1.75 bits per heavy atom. The Bertz CT molecular complexity index is 116. The Labute approximate surface area is 49.5 Å². The van der Waals surface area contributed by atoms with E-state index in [0.717, 1.165) is 13.1 Å². The fourth-order valence-electron chi connectivity index (χ4n) is 0.641. The fraction of sp³-hybridized carbons (Fsp3) is 0.500. The molecular formula is C6H10N2. The normalized spacial score (nSPS) is 17.4. The molecule has 0 fully saturated rings. The minimum Gasteiger partial charge on any atom is -0.371 e. The van der Waals surface area contributed by atoms with E-state index in [1.807, 2.05) is 18.6 Å². The van der Waals surface area contributed by atoms with Crippen molar-refractivity contribution in [1.82, 2.24) is 4.90 Å². The Balaban J connectivity index is 2.40. The van der Waals surface area contributed by atoms with E-state index in [1.54, 1.807) is 0 Å². The summed E-state index contributed by atoms with van der Waals surface area (Å²) < 4.78 is 0. The highest BCUT2D eigenvalue weighted by Gasteiger charge is 1.92. The average molecular weight is 110 g/mol. The van der Waals surface area contributed by atoms with Crippen molar-refractivity contribution in [2.45, 2.75) is 6.92 Å². The zero-order valence-electron chi connectivity index (χ0n) is 5.04. The van der Waals surface area contributed by atoms with Crippen LogP contribution in [0.15, 0.2) is 17.4 Å². The van der Waals surface area contributed by atoms with Gasteiger partial charge in [-0.25, -0.2) is 0 Å². The van der Waals surface area contributed by atoms with Gasteiger partial charge >= 0.3 is 0 Å². The van der Waals surface area contributed by atoms with Gasteiger partial charge in [0, 0.05) is 25.2 Å². The lowest BCUT2D eigenvalue weighted by atomic mass is 10.5. The highest BCUT2D eigenvalue weighted by Crippen LogP contribution is 1.91. The standard InChI is InChI=1S/C6H10N2/c1-2-8-5-3-7-4-6-8/h3-5H,2,6H2,1H3. The molecule has 1 heterocycles. The second-order valence-corrected chi connectivity index (χ2v) is 1.72. The summed E-state index contributed by atoms with van der Waals surface area (Å²) in [7, 11) is 0. The van der Waals surface area contributed by atoms with Gasteiger partial charge in [-0.2, -0.15) is 0 Å². The van der Waals surface area contributed by atoms with Crippen LogP contribution in [0.3, 0.4) is 0 Å². The topological polar surface area (TPSA) is 15.6 Å². The van der Waals surface area contributed by atoms with Crippen LogP contribution in [-0.4, -0.2) is 24.2 Å². The van der Waals surface area contributed by atoms with Crippen molar-refractivity contribution in [2.75, 3.05) is 13.1 Å². The maximum atomic E-state index is 3.93. The quantitative estimate of drug-likeness (QED) is 0.489. The summed E-state index contributed by atoms with van der Waals surface area (Å²) in [6.07, 6.45) is 5.72. The summed E-state index contributed by atoms with van der Waals surface area (Å²) in [4.78, 5) is 6.12. The van der Waals surface area contributed by atoms with Crippen molar-refractivity contribution < 1.29 is 0 Å². The minimum atomic E-state index is 0.965. The van der Waals surface area contributed by atoms with E-state index in [0.29, 0.717) is 0 Å². The van der Waals surface area contributed by atoms with Gasteiger partial charge in [0.2, 0.25) is 0 Å². The summed E-state index contributed by atoms with van der Waals surface area (Å²) in [6, 6.07) is 0. The molecule has 44 valence electrons. The van der Waals surface area contributed by atoms with Gasteiger partial charge in [0.25, 0.3) is 0 Å². The monoisotopic (exact) mass is 110 g/mol. The molecule has 0 amide bonds. The molecule has 0 aromatic heterocycles. The molecule has 2 nitrogen and oxygen atoms in total. The first kappa shape index (κ1) is 5.35. The third-order valence-electron chi connectivity index (χ3n) is 1.19. The van der Waals surface area contributed by atoms with Gasteiger partial charge in [-0.05, 0) is 6.92 Å². The van der Waals surface area contributed by atoms with Crippen molar-refractivity contribution in [3.8, 4) is 0 Å². The minimum absolute atomic E-state index is 0.965. The van der Waals surface area contributed by atoms with Crippen LogP contribution in [0.2, 0.25) is 0 Å². The molecule has 1 rings (SSSR count). The number of nitrogens with zero attached hydrogens (tertiary/aromatic N) is 2. The van der Waals surface area contributed by atoms with Gasteiger partial charge in [0.05, 0.1) is 6.54 Å². The predicted molar refractivity (Wildman–Crippen MR) is 34.9 cm³/mol. The van der Waals surface area contributed by atoms with Gasteiger partial charge in [-0.3, -0.25) is 4.99 Å². The number of hydrogen-bond acceptors (Lipinski definition) is 2. The van der Waals surface area contributed by atoms with E-state index in [2.05, 4.69) is 16.8 Å². The van der Waals surface area contributed by atoms with Gasteiger partial charge < -0.3 is 4.90 Å². The number of hydrogen-bond donors (Lipinski definition) is 0. The van der Waals surface area contributed by atoms with Gasteiger partial charge in [-0.15, -0.1) is 0 Å². The van der Waals surface area contributed by atoms with Crippen LogP contribution in [0.1, 0.15) is 6.92 Å². The first-order chi connectivity index (χ1) is 3.93. The van der Waals surface area contributed by atoms with Gasteiger partial charge in [0.15, 0.2) is 0 Å². The molecule has 0 aromatic carbocycles. The molecule has 0 bridgehead atoms. The Morgan fingerprint density at radius 2 is 2.62 bits per heavy atom. The smallest absolute Gasteiger partial charge is 0.0527 e. The van der Waals surface area contributed by atoms with E-state index < -0.39 is 0 Å².